The molecule has 8 nitrogen and oxygen atoms in total. The SMILES string of the molecule is COC(=O)C(CCNC(C)(C)C(C)(C)C(=O)OC)(NC(=O)OC(C)(C)C)c1ccccc1. The molecule has 2 N–H and O–H groups in total. The summed E-state index contributed by atoms with van der Waals surface area (Å²) in [6.07, 6.45) is -0.579. The van der Waals surface area contributed by atoms with Gasteiger partial charge in [-0.2, -0.15) is 0 Å². The van der Waals surface area contributed by atoms with E-state index in [1.807, 2.05) is 19.9 Å². The molecule has 1 amide bonds. The lowest BCUT2D eigenvalue weighted by atomic mass is 9.74. The van der Waals surface area contributed by atoms with Crippen LogP contribution >= 0.6 is 0 Å². The Bertz CT molecular complexity index is 798. The number of amides is 1. The minimum Gasteiger partial charge on any atom is -0.469 e. The van der Waals surface area contributed by atoms with Crippen LogP contribution in [-0.4, -0.2) is 49.9 Å². The molecule has 0 aliphatic rings. The van der Waals surface area contributed by atoms with Crippen LogP contribution in [0.2, 0.25) is 0 Å². The summed E-state index contributed by atoms with van der Waals surface area (Å²) >= 11 is 0. The maximum atomic E-state index is 13.0. The molecule has 1 rings (SSSR count). The van der Waals surface area contributed by atoms with Crippen LogP contribution in [0, 0.1) is 5.41 Å². The second-order valence-electron chi connectivity index (χ2n) is 9.81. The Balaban J connectivity index is 3.27. The average molecular weight is 451 g/mol. The molecule has 0 radical (unpaired) electrons. The topological polar surface area (TPSA) is 103 Å². The lowest BCUT2D eigenvalue weighted by molar-refractivity contribution is -0.155. The summed E-state index contributed by atoms with van der Waals surface area (Å²) in [5, 5.41) is 6.08. The van der Waals surface area contributed by atoms with Crippen LogP contribution in [0.5, 0.6) is 0 Å². The molecule has 0 spiro atoms. The Morgan fingerprint density at radius 1 is 0.844 bits per heavy atom. The van der Waals surface area contributed by atoms with Gasteiger partial charge in [0.2, 0.25) is 0 Å². The second kappa shape index (κ2) is 10.3. The molecule has 8 heteroatoms. The van der Waals surface area contributed by atoms with Crippen molar-refractivity contribution in [3.63, 3.8) is 0 Å². The first kappa shape index (κ1) is 27.4. The van der Waals surface area contributed by atoms with Crippen molar-refractivity contribution in [2.24, 2.45) is 5.41 Å². The van der Waals surface area contributed by atoms with Crippen molar-refractivity contribution < 1.29 is 28.6 Å². The summed E-state index contributed by atoms with van der Waals surface area (Å²) < 4.78 is 15.5. The summed E-state index contributed by atoms with van der Waals surface area (Å²) in [7, 11) is 2.62. The van der Waals surface area contributed by atoms with E-state index in [1.165, 1.54) is 14.2 Å². The first-order chi connectivity index (χ1) is 14.6. The van der Waals surface area contributed by atoms with Crippen LogP contribution in [-0.2, 0) is 29.3 Å². The molecule has 0 saturated heterocycles. The Morgan fingerprint density at radius 2 is 1.38 bits per heavy atom. The van der Waals surface area contributed by atoms with Gasteiger partial charge in [0.25, 0.3) is 0 Å². The minimum absolute atomic E-state index is 0.156. The molecule has 0 saturated carbocycles. The van der Waals surface area contributed by atoms with Crippen LogP contribution in [0.15, 0.2) is 30.3 Å². The van der Waals surface area contributed by atoms with Gasteiger partial charge in [0.05, 0.1) is 19.6 Å². The molecule has 0 aromatic heterocycles. The Morgan fingerprint density at radius 3 is 1.84 bits per heavy atom. The van der Waals surface area contributed by atoms with E-state index in [2.05, 4.69) is 10.6 Å². The molecule has 0 aliphatic carbocycles. The van der Waals surface area contributed by atoms with Crippen molar-refractivity contribution in [3.05, 3.63) is 35.9 Å². The summed E-state index contributed by atoms with van der Waals surface area (Å²) in [5.41, 5.74) is -3.19. The predicted octanol–water partition coefficient (Wildman–Crippen LogP) is 3.54. The third-order valence-corrected chi connectivity index (χ3v) is 5.84. The molecule has 0 heterocycles. The first-order valence-corrected chi connectivity index (χ1v) is 10.6. The highest BCUT2D eigenvalue weighted by molar-refractivity contribution is 5.87. The van der Waals surface area contributed by atoms with E-state index in [0.29, 0.717) is 5.56 Å². The molecule has 0 bridgehead atoms. The van der Waals surface area contributed by atoms with Crippen molar-refractivity contribution in [3.8, 4) is 0 Å². The summed E-state index contributed by atoms with van der Waals surface area (Å²) in [5.74, 6) is -0.981. The second-order valence-corrected chi connectivity index (χ2v) is 9.81. The molecule has 1 aromatic rings. The van der Waals surface area contributed by atoms with Gasteiger partial charge in [0, 0.05) is 5.54 Å². The van der Waals surface area contributed by atoms with Gasteiger partial charge in [-0.1, -0.05) is 30.3 Å². The van der Waals surface area contributed by atoms with E-state index >= 15 is 0 Å². The molecule has 1 unspecified atom stereocenters. The number of methoxy groups -OCH3 is 2. The number of hydrogen-bond donors (Lipinski definition) is 2. The number of carbonyl (C=O) groups excluding carboxylic acids is 3. The molecule has 180 valence electrons. The van der Waals surface area contributed by atoms with E-state index in [9.17, 15) is 14.4 Å². The van der Waals surface area contributed by atoms with Gasteiger partial charge in [-0.3, -0.25) is 4.79 Å². The number of hydrogen-bond acceptors (Lipinski definition) is 7. The largest absolute Gasteiger partial charge is 0.469 e. The summed E-state index contributed by atoms with van der Waals surface area (Å²) in [6, 6.07) is 8.87. The quantitative estimate of drug-likeness (QED) is 0.438. The molecule has 1 aromatic carbocycles. The Hall–Kier alpha value is -2.61. The first-order valence-electron chi connectivity index (χ1n) is 10.6. The predicted molar refractivity (Wildman–Crippen MR) is 122 cm³/mol. The number of alkyl carbamates (subject to hydrolysis) is 1. The smallest absolute Gasteiger partial charge is 0.408 e. The number of esters is 2. The van der Waals surface area contributed by atoms with Gasteiger partial charge >= 0.3 is 18.0 Å². The van der Waals surface area contributed by atoms with Crippen molar-refractivity contribution in [1.82, 2.24) is 10.6 Å². The molecule has 0 fully saturated rings. The zero-order valence-corrected chi connectivity index (χ0v) is 20.8. The van der Waals surface area contributed by atoms with Crippen LogP contribution < -0.4 is 10.6 Å². The van der Waals surface area contributed by atoms with E-state index in [0.717, 1.165) is 0 Å². The number of ether oxygens (including phenoxy) is 3. The highest BCUT2D eigenvalue weighted by atomic mass is 16.6. The van der Waals surface area contributed by atoms with Crippen molar-refractivity contribution in [2.75, 3.05) is 20.8 Å². The van der Waals surface area contributed by atoms with E-state index in [1.54, 1.807) is 58.9 Å². The maximum Gasteiger partial charge on any atom is 0.408 e. The van der Waals surface area contributed by atoms with Gasteiger partial charge < -0.3 is 24.8 Å². The van der Waals surface area contributed by atoms with Crippen LogP contribution in [0.25, 0.3) is 0 Å². The zero-order chi connectivity index (χ0) is 24.8. The number of carbonyl (C=O) groups is 3. The molecule has 0 aliphatic heterocycles. The van der Waals surface area contributed by atoms with Gasteiger partial charge in [0.15, 0.2) is 5.54 Å². The van der Waals surface area contributed by atoms with Crippen LogP contribution in [0.3, 0.4) is 0 Å². The highest BCUT2D eigenvalue weighted by Gasteiger charge is 2.47. The molecular weight excluding hydrogens is 412 g/mol. The average Bonchev–Trinajstić information content (AvgIpc) is 2.70. The molecule has 1 atom stereocenters. The summed E-state index contributed by atoms with van der Waals surface area (Å²) in [4.78, 5) is 38.0. The maximum absolute atomic E-state index is 13.0. The molecular formula is C24H38N2O6. The Kier molecular flexibility index (Phi) is 8.86. The van der Waals surface area contributed by atoms with Crippen molar-refractivity contribution >= 4 is 18.0 Å². The Labute approximate surface area is 191 Å². The third-order valence-electron chi connectivity index (χ3n) is 5.84. The van der Waals surface area contributed by atoms with Gasteiger partial charge in [-0.25, -0.2) is 9.59 Å². The van der Waals surface area contributed by atoms with Gasteiger partial charge in [-0.05, 0) is 67.0 Å². The fourth-order valence-electron chi connectivity index (χ4n) is 3.22. The van der Waals surface area contributed by atoms with E-state index < -0.39 is 34.2 Å². The molecule has 32 heavy (non-hydrogen) atoms. The van der Waals surface area contributed by atoms with E-state index in [-0.39, 0.29) is 18.9 Å². The fraction of sp³-hybridized carbons (Fsp3) is 0.625. The fourth-order valence-corrected chi connectivity index (χ4v) is 3.22. The number of benzene rings is 1. The van der Waals surface area contributed by atoms with Gasteiger partial charge in [-0.15, -0.1) is 0 Å². The standard InChI is InChI=1S/C24H38N2O6/c1-21(2,3)32-20(29)26-24(19(28)31-9,17-13-11-10-12-14-17)15-16-25-23(6,7)22(4,5)18(27)30-8/h10-14,25H,15-16H2,1-9H3,(H,26,29). The van der Waals surface area contributed by atoms with Crippen LogP contribution in [0.1, 0.15) is 60.5 Å². The lowest BCUT2D eigenvalue weighted by Crippen LogP contribution is -2.58. The third kappa shape index (κ3) is 6.45. The van der Waals surface area contributed by atoms with Crippen molar-refractivity contribution in [2.45, 2.75) is 71.6 Å². The van der Waals surface area contributed by atoms with E-state index in [4.69, 9.17) is 14.2 Å². The minimum atomic E-state index is -1.49. The zero-order valence-electron chi connectivity index (χ0n) is 20.8. The normalized spacial score (nSPS) is 14.2. The summed E-state index contributed by atoms with van der Waals surface area (Å²) in [6.45, 7) is 12.9. The van der Waals surface area contributed by atoms with Crippen LogP contribution in [0.4, 0.5) is 4.79 Å². The van der Waals surface area contributed by atoms with Crippen molar-refractivity contribution in [1.29, 1.82) is 0 Å². The number of nitrogens with one attached hydrogen (secondary N) is 2. The lowest BCUT2D eigenvalue weighted by Gasteiger charge is -2.41. The monoisotopic (exact) mass is 450 g/mol. The highest BCUT2D eigenvalue weighted by Crippen LogP contribution is 2.33. The van der Waals surface area contributed by atoms with Gasteiger partial charge in [0.1, 0.15) is 5.60 Å². The number of rotatable bonds is 9.